The summed E-state index contributed by atoms with van der Waals surface area (Å²) in [6.07, 6.45) is 0.740. The number of anilines is 1. The standard InChI is InChI=1S/C30H37F3N2O4/c1-29(2)28(37)35(15-9-10-16-38-3)25-18-22(23(30(31,32)33)19-26(25)39-29)27(36)34-24-14-8-7-13-21(24)17-20-11-5-4-6-12-20/h4-6,11-12,18-19,21,24H,7-10,13-17H2,1-3H3,(H,34,36)/t21-,24?/m0/s1. The molecule has 1 fully saturated rings. The van der Waals surface area contributed by atoms with E-state index in [9.17, 15) is 22.8 Å². The number of hydrogen-bond acceptors (Lipinski definition) is 4. The molecule has 2 aliphatic rings. The third-order valence-electron chi connectivity index (χ3n) is 7.61. The van der Waals surface area contributed by atoms with Crippen LogP contribution in [0.3, 0.4) is 0 Å². The Morgan fingerprint density at radius 3 is 2.54 bits per heavy atom. The Bertz CT molecular complexity index is 1170. The molecule has 212 valence electrons. The van der Waals surface area contributed by atoms with E-state index in [4.69, 9.17) is 9.47 Å². The zero-order valence-electron chi connectivity index (χ0n) is 22.8. The van der Waals surface area contributed by atoms with Crippen molar-refractivity contribution in [2.75, 3.05) is 25.2 Å². The van der Waals surface area contributed by atoms with Crippen LogP contribution in [0.1, 0.15) is 73.9 Å². The van der Waals surface area contributed by atoms with Crippen LogP contribution < -0.4 is 15.0 Å². The maximum atomic E-state index is 14.2. The lowest BCUT2D eigenvalue weighted by molar-refractivity contribution is -0.138. The highest BCUT2D eigenvalue weighted by atomic mass is 19.4. The lowest BCUT2D eigenvalue weighted by atomic mass is 9.80. The molecule has 1 heterocycles. The van der Waals surface area contributed by atoms with Crippen molar-refractivity contribution in [3.63, 3.8) is 0 Å². The second-order valence-corrected chi connectivity index (χ2v) is 10.9. The Morgan fingerprint density at radius 1 is 1.13 bits per heavy atom. The molecule has 0 radical (unpaired) electrons. The van der Waals surface area contributed by atoms with E-state index in [0.717, 1.165) is 37.3 Å². The Morgan fingerprint density at radius 2 is 1.85 bits per heavy atom. The molecule has 39 heavy (non-hydrogen) atoms. The van der Waals surface area contributed by atoms with Crippen molar-refractivity contribution in [2.45, 2.75) is 76.6 Å². The minimum Gasteiger partial charge on any atom is -0.476 e. The molecule has 1 saturated carbocycles. The van der Waals surface area contributed by atoms with Gasteiger partial charge in [0.25, 0.3) is 11.8 Å². The summed E-state index contributed by atoms with van der Waals surface area (Å²) in [6, 6.07) is 11.7. The van der Waals surface area contributed by atoms with Crippen LogP contribution in [0.15, 0.2) is 42.5 Å². The van der Waals surface area contributed by atoms with Crippen LogP contribution in [0.25, 0.3) is 0 Å². The second-order valence-electron chi connectivity index (χ2n) is 10.9. The van der Waals surface area contributed by atoms with E-state index in [-0.39, 0.29) is 35.8 Å². The molecule has 2 atom stereocenters. The summed E-state index contributed by atoms with van der Waals surface area (Å²) in [6.45, 7) is 3.84. The molecule has 0 aromatic heterocycles. The Balaban J connectivity index is 1.65. The summed E-state index contributed by atoms with van der Waals surface area (Å²) in [5.41, 5.74) is -1.59. The summed E-state index contributed by atoms with van der Waals surface area (Å²) in [5, 5.41) is 2.93. The number of unbranched alkanes of at least 4 members (excludes halogenated alkanes) is 1. The molecule has 2 aromatic rings. The molecule has 6 nitrogen and oxygen atoms in total. The predicted octanol–water partition coefficient (Wildman–Crippen LogP) is 6.17. The van der Waals surface area contributed by atoms with Crippen LogP contribution in [0.4, 0.5) is 18.9 Å². The largest absolute Gasteiger partial charge is 0.476 e. The lowest BCUT2D eigenvalue weighted by Gasteiger charge is -2.39. The number of hydrogen-bond donors (Lipinski definition) is 1. The van der Waals surface area contributed by atoms with Gasteiger partial charge in [0, 0.05) is 26.3 Å². The SMILES string of the molecule is COCCCCN1C(=O)C(C)(C)Oc2cc(C(F)(F)F)c(C(=O)NC3CCCC[C@H]3Cc3ccccc3)cc21. The number of amides is 2. The fraction of sp³-hybridized carbons (Fsp3) is 0.533. The molecule has 1 aliphatic heterocycles. The monoisotopic (exact) mass is 546 g/mol. The molecule has 1 aliphatic carbocycles. The van der Waals surface area contributed by atoms with Crippen LogP contribution in [0.5, 0.6) is 5.75 Å². The molecule has 0 spiro atoms. The van der Waals surface area contributed by atoms with Crippen LogP contribution in [0.2, 0.25) is 0 Å². The number of ether oxygens (including phenoxy) is 2. The van der Waals surface area contributed by atoms with E-state index in [1.807, 2.05) is 30.3 Å². The van der Waals surface area contributed by atoms with Crippen molar-refractivity contribution in [3.05, 3.63) is 59.2 Å². The molecule has 1 unspecified atom stereocenters. The quantitative estimate of drug-likeness (QED) is 0.382. The van der Waals surface area contributed by atoms with E-state index in [1.54, 1.807) is 7.11 Å². The van der Waals surface area contributed by atoms with E-state index in [2.05, 4.69) is 5.32 Å². The molecule has 4 rings (SSSR count). The van der Waals surface area contributed by atoms with Gasteiger partial charge in [0.05, 0.1) is 16.8 Å². The Kier molecular flexibility index (Phi) is 8.89. The lowest BCUT2D eigenvalue weighted by Crippen LogP contribution is -2.53. The zero-order valence-corrected chi connectivity index (χ0v) is 22.8. The molecule has 0 saturated heterocycles. The minimum atomic E-state index is -4.78. The number of fused-ring (bicyclic) bond motifs is 1. The van der Waals surface area contributed by atoms with Gasteiger partial charge in [0.15, 0.2) is 5.60 Å². The van der Waals surface area contributed by atoms with E-state index in [0.29, 0.717) is 25.9 Å². The Labute approximate surface area is 227 Å². The van der Waals surface area contributed by atoms with Gasteiger partial charge in [0.2, 0.25) is 0 Å². The number of halogens is 3. The number of nitrogens with zero attached hydrogens (tertiary/aromatic N) is 1. The highest BCUT2D eigenvalue weighted by molar-refractivity contribution is 6.05. The highest BCUT2D eigenvalue weighted by Gasteiger charge is 2.44. The molecule has 0 bridgehead atoms. The number of carbonyl (C=O) groups excluding carboxylic acids is 2. The summed E-state index contributed by atoms with van der Waals surface area (Å²) >= 11 is 0. The molecular weight excluding hydrogens is 509 g/mol. The summed E-state index contributed by atoms with van der Waals surface area (Å²) in [4.78, 5) is 28.2. The number of rotatable bonds is 9. The van der Waals surface area contributed by atoms with Gasteiger partial charge >= 0.3 is 6.18 Å². The summed E-state index contributed by atoms with van der Waals surface area (Å²) in [5.74, 6) is -1.09. The van der Waals surface area contributed by atoms with Crippen molar-refractivity contribution in [2.24, 2.45) is 5.92 Å². The topological polar surface area (TPSA) is 67.9 Å². The molecule has 1 N–H and O–H groups in total. The van der Waals surface area contributed by atoms with Crippen LogP contribution in [0, 0.1) is 5.92 Å². The van der Waals surface area contributed by atoms with Gasteiger partial charge in [-0.15, -0.1) is 0 Å². The van der Waals surface area contributed by atoms with Gasteiger partial charge in [0.1, 0.15) is 5.75 Å². The highest BCUT2D eigenvalue weighted by Crippen LogP contribution is 2.44. The average Bonchev–Trinajstić information content (AvgIpc) is 2.89. The van der Waals surface area contributed by atoms with Crippen molar-refractivity contribution in [3.8, 4) is 5.75 Å². The van der Waals surface area contributed by atoms with Gasteiger partial charge in [-0.1, -0.05) is 43.2 Å². The smallest absolute Gasteiger partial charge is 0.417 e. The van der Waals surface area contributed by atoms with Crippen LogP contribution in [-0.4, -0.2) is 43.7 Å². The number of methoxy groups -OCH3 is 1. The molecule has 2 aromatic carbocycles. The fourth-order valence-electron chi connectivity index (χ4n) is 5.58. The van der Waals surface area contributed by atoms with Crippen molar-refractivity contribution in [1.29, 1.82) is 0 Å². The first-order chi connectivity index (χ1) is 18.5. The maximum absolute atomic E-state index is 14.2. The number of benzene rings is 2. The molecule has 2 amide bonds. The second kappa shape index (κ2) is 12.0. The van der Waals surface area contributed by atoms with Gasteiger partial charge in [-0.05, 0) is 69.6 Å². The summed E-state index contributed by atoms with van der Waals surface area (Å²) < 4.78 is 53.6. The fourth-order valence-corrected chi connectivity index (χ4v) is 5.58. The van der Waals surface area contributed by atoms with Crippen molar-refractivity contribution in [1.82, 2.24) is 5.32 Å². The first kappa shape index (κ1) is 28.9. The van der Waals surface area contributed by atoms with Gasteiger partial charge in [-0.2, -0.15) is 13.2 Å². The molecular formula is C30H37F3N2O4. The predicted molar refractivity (Wildman–Crippen MR) is 143 cm³/mol. The van der Waals surface area contributed by atoms with Gasteiger partial charge in [-0.3, -0.25) is 9.59 Å². The third-order valence-corrected chi connectivity index (χ3v) is 7.61. The normalized spacial score (nSPS) is 20.8. The number of alkyl halides is 3. The third kappa shape index (κ3) is 6.75. The van der Waals surface area contributed by atoms with Crippen LogP contribution >= 0.6 is 0 Å². The van der Waals surface area contributed by atoms with E-state index >= 15 is 0 Å². The van der Waals surface area contributed by atoms with E-state index < -0.39 is 28.8 Å². The zero-order chi connectivity index (χ0) is 28.2. The average molecular weight is 547 g/mol. The van der Waals surface area contributed by atoms with Crippen LogP contribution in [-0.2, 0) is 22.1 Å². The maximum Gasteiger partial charge on any atom is 0.417 e. The first-order valence-corrected chi connectivity index (χ1v) is 13.6. The van der Waals surface area contributed by atoms with Crippen molar-refractivity contribution < 1.29 is 32.2 Å². The number of carbonyl (C=O) groups is 2. The molecule has 9 heteroatoms. The van der Waals surface area contributed by atoms with E-state index in [1.165, 1.54) is 24.8 Å². The number of nitrogens with one attached hydrogen (secondary N) is 1. The minimum absolute atomic E-state index is 0.0603. The van der Waals surface area contributed by atoms with Gasteiger partial charge in [-0.25, -0.2) is 0 Å². The van der Waals surface area contributed by atoms with Gasteiger partial charge < -0.3 is 19.7 Å². The first-order valence-electron chi connectivity index (χ1n) is 13.6. The Hall–Kier alpha value is -3.07. The van der Waals surface area contributed by atoms with Crippen molar-refractivity contribution >= 4 is 17.5 Å². The summed E-state index contributed by atoms with van der Waals surface area (Å²) in [7, 11) is 1.58.